The summed E-state index contributed by atoms with van der Waals surface area (Å²) >= 11 is 0. The van der Waals surface area contributed by atoms with E-state index in [0.717, 1.165) is 24.0 Å². The number of rotatable bonds is 7. The number of alkyl carbamates (subject to hydrolysis) is 1. The molecule has 2 aliphatic carbocycles. The van der Waals surface area contributed by atoms with E-state index in [2.05, 4.69) is 29.6 Å². The molecule has 1 saturated carbocycles. The van der Waals surface area contributed by atoms with Crippen LogP contribution in [0, 0.1) is 5.41 Å². The summed E-state index contributed by atoms with van der Waals surface area (Å²) in [5.41, 5.74) is 3.85. The second-order valence-corrected chi connectivity index (χ2v) is 9.99. The molecule has 2 aromatic carbocycles. The van der Waals surface area contributed by atoms with Gasteiger partial charge in [-0.25, -0.2) is 4.79 Å². The largest absolute Gasteiger partial charge is 0.481 e. The number of nitrogens with one attached hydrogen (secondary N) is 1. The van der Waals surface area contributed by atoms with Gasteiger partial charge in [-0.1, -0.05) is 61.9 Å². The molecule has 3 atom stereocenters. The van der Waals surface area contributed by atoms with Crippen LogP contribution in [0.4, 0.5) is 4.79 Å². The van der Waals surface area contributed by atoms with Crippen molar-refractivity contribution in [3.63, 3.8) is 0 Å². The number of carbonyl (C=O) groups is 3. The first-order valence-corrected chi connectivity index (χ1v) is 12.6. The molecular formula is C28H32N2O5. The van der Waals surface area contributed by atoms with E-state index in [0.29, 0.717) is 25.8 Å². The Morgan fingerprint density at radius 1 is 1.09 bits per heavy atom. The number of nitrogens with zero attached hydrogens (tertiary/aromatic N) is 1. The van der Waals surface area contributed by atoms with E-state index in [-0.39, 0.29) is 36.9 Å². The second-order valence-electron chi connectivity index (χ2n) is 9.99. The number of aliphatic carboxylic acids is 1. The predicted octanol–water partition coefficient (Wildman–Crippen LogP) is 4.55. The molecule has 3 aliphatic rings. The number of benzene rings is 2. The standard InChI is InChI=1S/C28H32N2O5/c1-2-18(16-25(31)30-15-14-28(26(32)33)13-7-12-24(28)30)29-27(34)35-17-23-21-10-5-3-8-19(21)20-9-4-6-11-22(20)23/h3-6,8-11,18,23-24H,2,7,12-17H2,1H3,(H,29,34)(H,32,33). The van der Waals surface area contributed by atoms with Gasteiger partial charge < -0.3 is 20.1 Å². The van der Waals surface area contributed by atoms with Gasteiger partial charge in [0.25, 0.3) is 0 Å². The number of hydrogen-bond acceptors (Lipinski definition) is 4. The number of ether oxygens (including phenoxy) is 1. The lowest BCUT2D eigenvalue weighted by atomic mass is 9.82. The van der Waals surface area contributed by atoms with Crippen LogP contribution in [0.25, 0.3) is 11.1 Å². The maximum absolute atomic E-state index is 13.1. The number of fused-ring (bicyclic) bond motifs is 4. The minimum atomic E-state index is -0.794. The smallest absolute Gasteiger partial charge is 0.407 e. The Balaban J connectivity index is 1.19. The Hall–Kier alpha value is -3.35. The fourth-order valence-electron chi connectivity index (χ4n) is 6.36. The van der Waals surface area contributed by atoms with Gasteiger partial charge in [0.2, 0.25) is 5.91 Å². The van der Waals surface area contributed by atoms with E-state index in [9.17, 15) is 19.5 Å². The summed E-state index contributed by atoms with van der Waals surface area (Å²) in [4.78, 5) is 39.4. The molecule has 0 aromatic heterocycles. The highest BCUT2D eigenvalue weighted by atomic mass is 16.5. The molecule has 3 unspecified atom stereocenters. The third-order valence-electron chi connectivity index (χ3n) is 8.24. The molecule has 35 heavy (non-hydrogen) atoms. The van der Waals surface area contributed by atoms with Gasteiger partial charge in [0.15, 0.2) is 0 Å². The van der Waals surface area contributed by atoms with Crippen LogP contribution in [0.1, 0.15) is 62.5 Å². The molecule has 7 heteroatoms. The van der Waals surface area contributed by atoms with Crippen LogP contribution in [-0.4, -0.2) is 53.2 Å². The average Bonchev–Trinajstić information content (AvgIpc) is 3.53. The Kier molecular flexibility index (Phi) is 6.26. The number of carboxylic acid groups (broad SMARTS) is 1. The highest BCUT2D eigenvalue weighted by Gasteiger charge is 2.56. The quantitative estimate of drug-likeness (QED) is 0.611. The zero-order valence-corrected chi connectivity index (χ0v) is 20.0. The molecular weight excluding hydrogens is 444 g/mol. The maximum atomic E-state index is 13.1. The maximum Gasteiger partial charge on any atom is 0.407 e. The van der Waals surface area contributed by atoms with Crippen LogP contribution in [0.3, 0.4) is 0 Å². The van der Waals surface area contributed by atoms with Crippen molar-refractivity contribution in [2.24, 2.45) is 5.41 Å². The van der Waals surface area contributed by atoms with Gasteiger partial charge in [0, 0.05) is 31.0 Å². The lowest BCUT2D eigenvalue weighted by Crippen LogP contribution is -2.45. The van der Waals surface area contributed by atoms with Crippen molar-refractivity contribution in [3.8, 4) is 11.1 Å². The van der Waals surface area contributed by atoms with E-state index in [1.165, 1.54) is 11.1 Å². The molecule has 5 rings (SSSR count). The summed E-state index contributed by atoms with van der Waals surface area (Å²) in [5, 5.41) is 12.6. The van der Waals surface area contributed by atoms with Crippen molar-refractivity contribution in [2.75, 3.05) is 13.2 Å². The van der Waals surface area contributed by atoms with E-state index in [1.54, 1.807) is 4.90 Å². The predicted molar refractivity (Wildman–Crippen MR) is 131 cm³/mol. The Morgan fingerprint density at radius 3 is 2.37 bits per heavy atom. The monoisotopic (exact) mass is 476 g/mol. The summed E-state index contributed by atoms with van der Waals surface area (Å²) in [5.74, 6) is -0.907. The first-order chi connectivity index (χ1) is 16.9. The molecule has 7 nitrogen and oxygen atoms in total. The third-order valence-corrected chi connectivity index (χ3v) is 8.24. The molecule has 0 radical (unpaired) electrons. The van der Waals surface area contributed by atoms with Crippen LogP contribution in [0.5, 0.6) is 0 Å². The van der Waals surface area contributed by atoms with E-state index >= 15 is 0 Å². The van der Waals surface area contributed by atoms with Crippen LogP contribution in [-0.2, 0) is 14.3 Å². The molecule has 184 valence electrons. The molecule has 2 fully saturated rings. The highest BCUT2D eigenvalue weighted by molar-refractivity contribution is 5.83. The van der Waals surface area contributed by atoms with Crippen LogP contribution in [0.15, 0.2) is 48.5 Å². The molecule has 1 saturated heterocycles. The van der Waals surface area contributed by atoms with Crippen LogP contribution >= 0.6 is 0 Å². The summed E-state index contributed by atoms with van der Waals surface area (Å²) < 4.78 is 5.64. The van der Waals surface area contributed by atoms with Crippen molar-refractivity contribution < 1.29 is 24.2 Å². The SMILES string of the molecule is CCC(CC(=O)N1CCC2(C(=O)O)CCCC12)NC(=O)OCC1c2ccccc2-c2ccccc21. The first-order valence-electron chi connectivity index (χ1n) is 12.6. The van der Waals surface area contributed by atoms with Crippen LogP contribution in [0.2, 0.25) is 0 Å². The van der Waals surface area contributed by atoms with Crippen molar-refractivity contribution >= 4 is 18.0 Å². The van der Waals surface area contributed by atoms with Gasteiger partial charge in [-0.2, -0.15) is 0 Å². The topological polar surface area (TPSA) is 95.9 Å². The van der Waals surface area contributed by atoms with Gasteiger partial charge in [-0.15, -0.1) is 0 Å². The fourth-order valence-corrected chi connectivity index (χ4v) is 6.36. The first kappa shape index (κ1) is 23.4. The zero-order valence-electron chi connectivity index (χ0n) is 20.0. The normalized spacial score (nSPS) is 23.3. The van der Waals surface area contributed by atoms with Crippen molar-refractivity contribution in [2.45, 2.75) is 63.5 Å². The number of carboxylic acids is 1. The third kappa shape index (κ3) is 4.07. The molecule has 0 spiro atoms. The van der Waals surface area contributed by atoms with Gasteiger partial charge >= 0.3 is 12.1 Å². The average molecular weight is 477 g/mol. The summed E-state index contributed by atoms with van der Waals surface area (Å²) in [6.45, 7) is 2.61. The number of amides is 2. The Bertz CT molecular complexity index is 1100. The van der Waals surface area contributed by atoms with E-state index in [4.69, 9.17) is 4.74 Å². The van der Waals surface area contributed by atoms with E-state index in [1.807, 2.05) is 31.2 Å². The molecule has 2 amide bonds. The second kappa shape index (κ2) is 9.36. The molecule has 2 N–H and O–H groups in total. The Labute approximate surface area is 205 Å². The molecule has 0 bridgehead atoms. The lowest BCUT2D eigenvalue weighted by Gasteiger charge is -2.30. The number of carbonyl (C=O) groups excluding carboxylic acids is 2. The summed E-state index contributed by atoms with van der Waals surface area (Å²) in [7, 11) is 0. The van der Waals surface area contributed by atoms with Gasteiger partial charge in [-0.3, -0.25) is 9.59 Å². The van der Waals surface area contributed by atoms with Crippen LogP contribution < -0.4 is 5.32 Å². The molecule has 1 heterocycles. The minimum Gasteiger partial charge on any atom is -0.481 e. The number of hydrogen-bond donors (Lipinski definition) is 2. The van der Waals surface area contributed by atoms with Gasteiger partial charge in [0.05, 0.1) is 5.41 Å². The Morgan fingerprint density at radius 2 is 1.74 bits per heavy atom. The minimum absolute atomic E-state index is 0.0223. The van der Waals surface area contributed by atoms with Crippen molar-refractivity contribution in [1.82, 2.24) is 10.2 Å². The number of likely N-dealkylation sites (tertiary alicyclic amines) is 1. The lowest BCUT2D eigenvalue weighted by molar-refractivity contribution is -0.150. The van der Waals surface area contributed by atoms with E-state index < -0.39 is 17.5 Å². The molecule has 1 aliphatic heterocycles. The van der Waals surface area contributed by atoms with Gasteiger partial charge in [-0.05, 0) is 47.9 Å². The molecule has 2 aromatic rings. The zero-order chi connectivity index (χ0) is 24.6. The van der Waals surface area contributed by atoms with Gasteiger partial charge in [0.1, 0.15) is 6.61 Å². The van der Waals surface area contributed by atoms with Crippen molar-refractivity contribution in [3.05, 3.63) is 59.7 Å². The fraction of sp³-hybridized carbons (Fsp3) is 0.464. The summed E-state index contributed by atoms with van der Waals surface area (Å²) in [6.07, 6.45) is 2.89. The summed E-state index contributed by atoms with van der Waals surface area (Å²) in [6, 6.07) is 15.8. The highest BCUT2D eigenvalue weighted by Crippen LogP contribution is 2.49. The van der Waals surface area contributed by atoms with Crippen molar-refractivity contribution in [1.29, 1.82) is 0 Å².